The van der Waals surface area contributed by atoms with Crippen LogP contribution in [0.5, 0.6) is 0 Å². The first-order valence-corrected chi connectivity index (χ1v) is 20.1. The van der Waals surface area contributed by atoms with E-state index in [-0.39, 0.29) is 0 Å². The van der Waals surface area contributed by atoms with E-state index in [1.54, 1.807) is 0 Å². The predicted molar refractivity (Wildman–Crippen MR) is 243 cm³/mol. The van der Waals surface area contributed by atoms with E-state index in [4.69, 9.17) is 4.42 Å². The molecule has 0 amide bonds. The van der Waals surface area contributed by atoms with Crippen LogP contribution >= 0.6 is 11.3 Å². The predicted octanol–water partition coefficient (Wildman–Crippen LogP) is 16.1. The highest BCUT2D eigenvalue weighted by atomic mass is 32.1. The largest absolute Gasteiger partial charge is 0.456 e. The van der Waals surface area contributed by atoms with Gasteiger partial charge in [0, 0.05) is 47.9 Å². The third-order valence-corrected chi connectivity index (χ3v) is 12.3. The van der Waals surface area contributed by atoms with E-state index in [1.807, 2.05) is 23.5 Å². The zero-order valence-electron chi connectivity index (χ0n) is 31.0. The zero-order valence-corrected chi connectivity index (χ0v) is 31.8. The number of thiophene rings is 1. The summed E-state index contributed by atoms with van der Waals surface area (Å²) in [5.41, 5.74) is 14.4. The Bertz CT molecular complexity index is 3230. The van der Waals surface area contributed by atoms with Crippen LogP contribution in [0.2, 0.25) is 0 Å². The van der Waals surface area contributed by atoms with Gasteiger partial charge in [-0.25, -0.2) is 0 Å². The van der Waals surface area contributed by atoms with Crippen LogP contribution < -0.4 is 4.90 Å². The van der Waals surface area contributed by atoms with Crippen molar-refractivity contribution in [2.24, 2.45) is 0 Å². The Kier molecular flexibility index (Phi) is 8.04. The summed E-state index contributed by atoms with van der Waals surface area (Å²) < 4.78 is 8.87. The van der Waals surface area contributed by atoms with Crippen molar-refractivity contribution in [3.8, 4) is 44.5 Å². The van der Waals surface area contributed by atoms with Gasteiger partial charge in [0.15, 0.2) is 0 Å². The van der Waals surface area contributed by atoms with Gasteiger partial charge in [-0.2, -0.15) is 0 Å². The molecule has 2 heterocycles. The molecule has 0 bridgehead atoms. The normalized spacial score (nSPS) is 11.5. The van der Waals surface area contributed by atoms with Gasteiger partial charge in [0.2, 0.25) is 0 Å². The third kappa shape index (κ3) is 5.80. The Morgan fingerprint density at radius 1 is 0.333 bits per heavy atom. The number of hydrogen-bond acceptors (Lipinski definition) is 3. The lowest BCUT2D eigenvalue weighted by Crippen LogP contribution is -2.12. The molecule has 0 unspecified atom stereocenters. The van der Waals surface area contributed by atoms with Crippen molar-refractivity contribution >= 4 is 70.5 Å². The second kappa shape index (κ2) is 13.8. The number of anilines is 3. The van der Waals surface area contributed by atoms with E-state index in [0.717, 1.165) is 50.1 Å². The molecule has 3 heteroatoms. The fraction of sp³-hybridized carbons (Fsp3) is 0. The SMILES string of the molecule is c1ccc(-c2ccccc2-c2c(-c3ccccc3)cccc2N(c2ccc(-c3ccc4c(c3)oc3ccccc34)cc2)c2ccc3sc4ccccc4c3c2)cc1. The minimum absolute atomic E-state index is 0.898. The molecular formula is C54H35NOS. The average molecular weight is 746 g/mol. The summed E-state index contributed by atoms with van der Waals surface area (Å²) in [5, 5.41) is 4.82. The molecule has 2 aromatic heterocycles. The number of para-hydroxylation sites is 1. The minimum atomic E-state index is 0.898. The van der Waals surface area contributed by atoms with Crippen molar-refractivity contribution < 1.29 is 4.42 Å². The van der Waals surface area contributed by atoms with Crippen molar-refractivity contribution in [3.05, 3.63) is 212 Å². The van der Waals surface area contributed by atoms with Gasteiger partial charge in [0.1, 0.15) is 11.2 Å². The van der Waals surface area contributed by atoms with Crippen LogP contribution in [0.4, 0.5) is 17.1 Å². The summed E-state index contributed by atoms with van der Waals surface area (Å²) in [7, 11) is 0. The molecule has 0 aliphatic heterocycles. The minimum Gasteiger partial charge on any atom is -0.456 e. The molecule has 11 aromatic rings. The number of hydrogen-bond donors (Lipinski definition) is 0. The molecule has 11 rings (SSSR count). The highest BCUT2D eigenvalue weighted by molar-refractivity contribution is 7.25. The van der Waals surface area contributed by atoms with E-state index in [9.17, 15) is 0 Å². The van der Waals surface area contributed by atoms with Gasteiger partial charge >= 0.3 is 0 Å². The molecule has 0 fully saturated rings. The Hall–Kier alpha value is -7.20. The highest BCUT2D eigenvalue weighted by Gasteiger charge is 2.23. The first kappa shape index (κ1) is 33.2. The van der Waals surface area contributed by atoms with Gasteiger partial charge in [-0.15, -0.1) is 11.3 Å². The Morgan fingerprint density at radius 3 is 1.74 bits per heavy atom. The summed E-state index contributed by atoms with van der Waals surface area (Å²) in [5.74, 6) is 0. The Morgan fingerprint density at radius 2 is 0.930 bits per heavy atom. The number of fused-ring (bicyclic) bond motifs is 6. The van der Waals surface area contributed by atoms with Crippen molar-refractivity contribution in [2.75, 3.05) is 4.90 Å². The molecule has 0 radical (unpaired) electrons. The summed E-state index contributed by atoms with van der Waals surface area (Å²) >= 11 is 1.85. The van der Waals surface area contributed by atoms with Gasteiger partial charge in [0.25, 0.3) is 0 Å². The van der Waals surface area contributed by atoms with Crippen LogP contribution in [0.3, 0.4) is 0 Å². The van der Waals surface area contributed by atoms with Crippen molar-refractivity contribution in [1.82, 2.24) is 0 Å². The summed E-state index contributed by atoms with van der Waals surface area (Å²) in [6.45, 7) is 0. The van der Waals surface area contributed by atoms with Crippen LogP contribution in [0, 0.1) is 0 Å². The molecule has 57 heavy (non-hydrogen) atoms. The van der Waals surface area contributed by atoms with E-state index in [0.29, 0.717) is 0 Å². The van der Waals surface area contributed by atoms with Gasteiger partial charge in [-0.3, -0.25) is 0 Å². The maximum Gasteiger partial charge on any atom is 0.136 e. The lowest BCUT2D eigenvalue weighted by atomic mass is 9.87. The maximum absolute atomic E-state index is 6.29. The van der Waals surface area contributed by atoms with Crippen LogP contribution in [0.25, 0.3) is 86.6 Å². The first-order chi connectivity index (χ1) is 28.3. The molecule has 2 nitrogen and oxygen atoms in total. The molecule has 0 N–H and O–H groups in total. The molecule has 0 saturated carbocycles. The number of rotatable bonds is 7. The van der Waals surface area contributed by atoms with E-state index < -0.39 is 0 Å². The van der Waals surface area contributed by atoms with Crippen molar-refractivity contribution in [1.29, 1.82) is 0 Å². The summed E-state index contributed by atoms with van der Waals surface area (Å²) in [6.07, 6.45) is 0. The molecule has 0 atom stereocenters. The molecule has 268 valence electrons. The monoisotopic (exact) mass is 745 g/mol. The van der Waals surface area contributed by atoms with Gasteiger partial charge in [-0.1, -0.05) is 152 Å². The van der Waals surface area contributed by atoms with Crippen molar-refractivity contribution in [2.45, 2.75) is 0 Å². The Balaban J connectivity index is 1.14. The number of benzene rings is 9. The summed E-state index contributed by atoms with van der Waals surface area (Å²) in [6, 6.07) is 76.6. The quantitative estimate of drug-likeness (QED) is 0.162. The standard InChI is InChI=1S/C54H35NOS/c1-3-14-37(15-4-1)42-18-7-8-21-47(42)54-43(38-16-5-2-6-17-38)22-13-23-49(54)55(41-31-33-53-48(35-41)46-20-10-12-25-52(46)57-53)40-29-26-36(27-30-40)39-28-32-45-44-19-9-11-24-50(44)56-51(45)34-39/h1-35H. The van der Waals surface area contributed by atoms with Gasteiger partial charge in [-0.05, 0) is 99.6 Å². The zero-order chi connectivity index (χ0) is 37.7. The highest BCUT2D eigenvalue weighted by Crippen LogP contribution is 2.49. The summed E-state index contributed by atoms with van der Waals surface area (Å²) in [4.78, 5) is 2.45. The Labute approximate surface area is 335 Å². The van der Waals surface area contributed by atoms with E-state index in [2.05, 4.69) is 205 Å². The fourth-order valence-corrected chi connectivity index (χ4v) is 9.51. The van der Waals surface area contributed by atoms with E-state index in [1.165, 1.54) is 53.6 Å². The van der Waals surface area contributed by atoms with Crippen LogP contribution in [-0.2, 0) is 0 Å². The molecule has 9 aromatic carbocycles. The van der Waals surface area contributed by atoms with Gasteiger partial charge < -0.3 is 9.32 Å². The molecule has 0 saturated heterocycles. The lowest BCUT2D eigenvalue weighted by molar-refractivity contribution is 0.669. The topological polar surface area (TPSA) is 16.4 Å². The van der Waals surface area contributed by atoms with Crippen LogP contribution in [-0.4, -0.2) is 0 Å². The van der Waals surface area contributed by atoms with Gasteiger partial charge in [0.05, 0.1) is 5.69 Å². The van der Waals surface area contributed by atoms with Crippen LogP contribution in [0.1, 0.15) is 0 Å². The maximum atomic E-state index is 6.29. The van der Waals surface area contributed by atoms with Crippen molar-refractivity contribution in [3.63, 3.8) is 0 Å². The third-order valence-electron chi connectivity index (χ3n) is 11.1. The first-order valence-electron chi connectivity index (χ1n) is 19.3. The van der Waals surface area contributed by atoms with E-state index >= 15 is 0 Å². The smallest absolute Gasteiger partial charge is 0.136 e. The number of furan rings is 1. The second-order valence-corrected chi connectivity index (χ2v) is 15.5. The molecular weight excluding hydrogens is 711 g/mol. The number of nitrogens with zero attached hydrogens (tertiary/aromatic N) is 1. The van der Waals surface area contributed by atoms with Crippen LogP contribution in [0.15, 0.2) is 217 Å². The lowest BCUT2D eigenvalue weighted by Gasteiger charge is -2.30. The average Bonchev–Trinajstić information content (AvgIpc) is 3.85. The molecule has 0 aliphatic carbocycles. The molecule has 0 aliphatic rings. The fourth-order valence-electron chi connectivity index (χ4n) is 8.43. The molecule has 0 spiro atoms. The second-order valence-electron chi connectivity index (χ2n) is 14.4.